The number of aliphatic hydroxyl groups excluding tert-OH is 2. The zero-order valence-corrected chi connectivity index (χ0v) is 16.3. The third kappa shape index (κ3) is 3.07. The van der Waals surface area contributed by atoms with Crippen molar-refractivity contribution < 1.29 is 19.4 Å². The molecule has 0 spiro atoms. The number of likely N-dealkylation sites (tertiary alicyclic amines) is 1. The molecule has 0 radical (unpaired) electrons. The van der Waals surface area contributed by atoms with Gasteiger partial charge in [0.05, 0.1) is 12.2 Å². The lowest BCUT2D eigenvalue weighted by Gasteiger charge is -2.44. The lowest BCUT2D eigenvalue weighted by molar-refractivity contribution is -0.145. The van der Waals surface area contributed by atoms with E-state index in [2.05, 4.69) is 0 Å². The zero-order chi connectivity index (χ0) is 19.5. The number of nitrogens with zero attached hydrogens (tertiary/aromatic N) is 1. The van der Waals surface area contributed by atoms with Crippen molar-refractivity contribution in [3.8, 4) is 0 Å². The Morgan fingerprint density at radius 2 is 1.79 bits per heavy atom. The van der Waals surface area contributed by atoms with Gasteiger partial charge in [0.2, 0.25) is 5.91 Å². The smallest absolute Gasteiger partial charge is 0.223 e. The number of carbonyl (C=O) groups excluding carboxylic acids is 1. The molecule has 28 heavy (non-hydrogen) atoms. The number of β-amino-alcohol motifs (C(OH)–C–C–N with tert-alkyl or cyclic N) is 1. The Labute approximate surface area is 165 Å². The molecule has 4 aliphatic rings. The molecule has 6 unspecified atom stereocenters. The maximum atomic E-state index is 13.4. The van der Waals surface area contributed by atoms with Crippen molar-refractivity contribution in [2.75, 3.05) is 13.1 Å². The molecule has 1 aliphatic heterocycles. The quantitative estimate of drug-likeness (QED) is 0.835. The van der Waals surface area contributed by atoms with Crippen molar-refractivity contribution in [1.29, 1.82) is 0 Å². The molecule has 0 aromatic heterocycles. The topological polar surface area (TPSA) is 60.8 Å². The number of hydrogen-bond acceptors (Lipinski definition) is 3. The molecular weight excluding hydrogens is 357 g/mol. The largest absolute Gasteiger partial charge is 0.393 e. The average molecular weight is 387 g/mol. The van der Waals surface area contributed by atoms with Crippen LogP contribution in [-0.2, 0) is 11.2 Å². The third-order valence-corrected chi connectivity index (χ3v) is 8.29. The third-order valence-electron chi connectivity index (χ3n) is 8.29. The Morgan fingerprint density at radius 1 is 1.07 bits per heavy atom. The summed E-state index contributed by atoms with van der Waals surface area (Å²) in [4.78, 5) is 14.8. The molecule has 1 saturated heterocycles. The van der Waals surface area contributed by atoms with E-state index in [4.69, 9.17) is 0 Å². The fraction of sp³-hybridized carbons (Fsp3) is 0.696. The molecule has 2 N–H and O–H groups in total. The maximum Gasteiger partial charge on any atom is 0.223 e. The van der Waals surface area contributed by atoms with Crippen LogP contribution in [0, 0.1) is 34.9 Å². The van der Waals surface area contributed by atoms with Crippen molar-refractivity contribution in [3.05, 3.63) is 35.6 Å². The molecule has 152 valence electrons. The van der Waals surface area contributed by atoms with Crippen molar-refractivity contribution in [3.63, 3.8) is 0 Å². The van der Waals surface area contributed by atoms with Crippen LogP contribution >= 0.6 is 0 Å². The summed E-state index contributed by atoms with van der Waals surface area (Å²) < 4.78 is 13.4. The molecule has 3 saturated carbocycles. The number of halogens is 1. The Hall–Kier alpha value is -1.46. The normalized spacial score (nSPS) is 39.7. The average Bonchev–Trinajstić information content (AvgIpc) is 2.97. The second-order valence-electron chi connectivity index (χ2n) is 9.92. The van der Waals surface area contributed by atoms with Crippen LogP contribution in [0.5, 0.6) is 0 Å². The summed E-state index contributed by atoms with van der Waals surface area (Å²) >= 11 is 0. The minimum absolute atomic E-state index is 0.121. The molecule has 5 rings (SSSR count). The Morgan fingerprint density at radius 3 is 2.50 bits per heavy atom. The first kappa shape index (κ1) is 18.6. The van der Waals surface area contributed by atoms with Gasteiger partial charge in [0, 0.05) is 19.5 Å². The summed E-state index contributed by atoms with van der Waals surface area (Å²) in [5.41, 5.74) is 0.976. The van der Waals surface area contributed by atoms with Crippen LogP contribution in [0.4, 0.5) is 4.39 Å². The number of fused-ring (bicyclic) bond motifs is 2. The second kappa shape index (κ2) is 6.81. The van der Waals surface area contributed by atoms with E-state index < -0.39 is 0 Å². The molecule has 5 heteroatoms. The highest BCUT2D eigenvalue weighted by atomic mass is 19.1. The van der Waals surface area contributed by atoms with Gasteiger partial charge in [0.25, 0.3) is 0 Å². The highest BCUT2D eigenvalue weighted by Crippen LogP contribution is 2.61. The lowest BCUT2D eigenvalue weighted by atomic mass is 9.63. The fourth-order valence-corrected chi connectivity index (χ4v) is 6.90. The van der Waals surface area contributed by atoms with E-state index in [9.17, 15) is 19.4 Å². The summed E-state index contributed by atoms with van der Waals surface area (Å²) in [7, 11) is 0. The highest BCUT2D eigenvalue weighted by Gasteiger charge is 2.56. The van der Waals surface area contributed by atoms with Crippen molar-refractivity contribution >= 4 is 5.91 Å². The SMILES string of the molecule is O=C(CC1(Cc2ccc(F)cc2)CCC2CC3CC(CC31)C2O)N1CC(O)C1. The second-order valence-corrected chi connectivity index (χ2v) is 9.92. The monoisotopic (exact) mass is 387 g/mol. The molecular formula is C23H30FNO3. The van der Waals surface area contributed by atoms with Crippen LogP contribution in [-0.4, -0.2) is 46.3 Å². The number of rotatable bonds is 4. The summed E-state index contributed by atoms with van der Waals surface area (Å²) in [6, 6.07) is 6.75. The highest BCUT2D eigenvalue weighted by molar-refractivity contribution is 5.78. The number of hydrogen-bond donors (Lipinski definition) is 2. The van der Waals surface area contributed by atoms with Gasteiger partial charge < -0.3 is 15.1 Å². The van der Waals surface area contributed by atoms with Gasteiger partial charge in [-0.05, 0) is 85.3 Å². The van der Waals surface area contributed by atoms with E-state index in [-0.39, 0.29) is 29.3 Å². The molecule has 3 bridgehead atoms. The van der Waals surface area contributed by atoms with Crippen molar-refractivity contribution in [1.82, 2.24) is 4.90 Å². The first-order valence-corrected chi connectivity index (χ1v) is 10.8. The fourth-order valence-electron chi connectivity index (χ4n) is 6.90. The van der Waals surface area contributed by atoms with E-state index in [0.29, 0.717) is 43.2 Å². The van der Waals surface area contributed by atoms with E-state index in [1.165, 1.54) is 12.1 Å². The molecule has 4 nitrogen and oxygen atoms in total. The van der Waals surface area contributed by atoms with Gasteiger partial charge in [-0.25, -0.2) is 4.39 Å². The van der Waals surface area contributed by atoms with Crippen LogP contribution < -0.4 is 0 Å². The van der Waals surface area contributed by atoms with Gasteiger partial charge in [-0.3, -0.25) is 4.79 Å². The lowest BCUT2D eigenvalue weighted by Crippen LogP contribution is -2.55. The molecule has 1 amide bonds. The minimum Gasteiger partial charge on any atom is -0.393 e. The van der Waals surface area contributed by atoms with E-state index in [1.54, 1.807) is 4.90 Å². The van der Waals surface area contributed by atoms with Gasteiger partial charge in [-0.15, -0.1) is 0 Å². The zero-order valence-electron chi connectivity index (χ0n) is 16.3. The summed E-state index contributed by atoms with van der Waals surface area (Å²) in [5.74, 6) is 1.70. The minimum atomic E-state index is -0.381. The van der Waals surface area contributed by atoms with E-state index in [1.807, 2.05) is 12.1 Å². The van der Waals surface area contributed by atoms with Gasteiger partial charge in [0.15, 0.2) is 0 Å². The van der Waals surface area contributed by atoms with Gasteiger partial charge in [0.1, 0.15) is 5.82 Å². The standard InChI is InChI=1S/C23H30FNO3/c24-18-3-1-14(2-4-18)10-23(11-21(27)25-12-19(26)13-25)6-5-15-7-16-8-17(22(15)28)9-20(16)23/h1-4,15-17,19-20,22,26,28H,5-13H2. The Kier molecular flexibility index (Phi) is 4.51. The van der Waals surface area contributed by atoms with Crippen LogP contribution in [0.15, 0.2) is 24.3 Å². The van der Waals surface area contributed by atoms with Crippen LogP contribution in [0.3, 0.4) is 0 Å². The van der Waals surface area contributed by atoms with Crippen LogP contribution in [0.1, 0.15) is 44.1 Å². The molecule has 1 aromatic rings. The molecule has 4 fully saturated rings. The van der Waals surface area contributed by atoms with Crippen molar-refractivity contribution in [2.45, 2.75) is 57.2 Å². The Bertz CT molecular complexity index is 747. The van der Waals surface area contributed by atoms with Gasteiger partial charge in [-0.2, -0.15) is 0 Å². The maximum absolute atomic E-state index is 13.4. The van der Waals surface area contributed by atoms with Crippen LogP contribution in [0.2, 0.25) is 0 Å². The Balaban J connectivity index is 1.46. The predicted molar refractivity (Wildman–Crippen MR) is 103 cm³/mol. The summed E-state index contributed by atoms with van der Waals surface area (Å²) in [6.07, 6.45) is 5.86. The predicted octanol–water partition coefficient (Wildman–Crippen LogP) is 2.76. The molecule has 1 heterocycles. The number of amides is 1. The first-order chi connectivity index (χ1) is 13.4. The van der Waals surface area contributed by atoms with Gasteiger partial charge in [-0.1, -0.05) is 12.1 Å². The molecule has 1 aromatic carbocycles. The van der Waals surface area contributed by atoms with E-state index >= 15 is 0 Å². The number of carbonyl (C=O) groups is 1. The summed E-state index contributed by atoms with van der Waals surface area (Å²) in [5, 5.41) is 20.3. The van der Waals surface area contributed by atoms with E-state index in [0.717, 1.165) is 44.1 Å². The van der Waals surface area contributed by atoms with Gasteiger partial charge >= 0.3 is 0 Å². The van der Waals surface area contributed by atoms with Crippen molar-refractivity contribution in [2.24, 2.45) is 29.1 Å². The molecule has 3 aliphatic carbocycles. The number of benzene rings is 1. The first-order valence-electron chi connectivity index (χ1n) is 10.8. The molecule has 6 atom stereocenters. The van der Waals surface area contributed by atoms with Crippen LogP contribution in [0.25, 0.3) is 0 Å². The number of aliphatic hydroxyl groups is 2. The summed E-state index contributed by atoms with van der Waals surface area (Å²) in [6.45, 7) is 0.896.